The first kappa shape index (κ1) is 20.4. The molecule has 0 aliphatic carbocycles. The Morgan fingerprint density at radius 1 is 1.33 bits per heavy atom. The molecule has 2 atom stereocenters. The van der Waals surface area contributed by atoms with Crippen LogP contribution in [0.15, 0.2) is 28.9 Å². The van der Waals surface area contributed by atoms with E-state index >= 15 is 0 Å². The molecule has 2 saturated heterocycles. The molecule has 0 saturated carbocycles. The maximum Gasteiger partial charge on any atom is 0.325 e. The van der Waals surface area contributed by atoms with Gasteiger partial charge in [0, 0.05) is 23.0 Å². The second-order valence-corrected chi connectivity index (χ2v) is 10.3. The van der Waals surface area contributed by atoms with Gasteiger partial charge in [0.25, 0.3) is 5.91 Å². The number of nitrogens with one attached hydrogen (secondary N) is 1. The average molecular weight is 433 g/mol. The van der Waals surface area contributed by atoms with E-state index in [1.54, 1.807) is 25.1 Å². The van der Waals surface area contributed by atoms with Crippen molar-refractivity contribution in [3.63, 3.8) is 0 Å². The second kappa shape index (κ2) is 6.83. The number of aromatic nitrogens is 1. The van der Waals surface area contributed by atoms with E-state index in [4.69, 9.17) is 4.42 Å². The molecule has 0 spiro atoms. The molecule has 30 heavy (non-hydrogen) atoms. The molecule has 2 fully saturated rings. The van der Waals surface area contributed by atoms with Crippen LogP contribution in [0.4, 0.5) is 4.79 Å². The Balaban J connectivity index is 1.57. The third-order valence-electron chi connectivity index (χ3n) is 5.95. The van der Waals surface area contributed by atoms with Crippen LogP contribution in [0.3, 0.4) is 0 Å². The Hall–Kier alpha value is -2.88. The van der Waals surface area contributed by atoms with Gasteiger partial charge in [-0.1, -0.05) is 0 Å². The van der Waals surface area contributed by atoms with Crippen LogP contribution in [0, 0.1) is 13.8 Å². The molecule has 160 valence electrons. The lowest BCUT2D eigenvalue weighted by molar-refractivity contribution is -0.131. The van der Waals surface area contributed by atoms with Crippen LogP contribution in [0.25, 0.3) is 0 Å². The van der Waals surface area contributed by atoms with Gasteiger partial charge in [-0.15, -0.1) is 0 Å². The summed E-state index contributed by atoms with van der Waals surface area (Å²) in [5.41, 5.74) is 0.427. The topological polar surface area (TPSA) is 119 Å². The first-order valence-electron chi connectivity index (χ1n) is 9.63. The Labute approximate surface area is 173 Å². The summed E-state index contributed by atoms with van der Waals surface area (Å²) in [4.78, 5) is 39.2. The molecule has 2 aromatic heterocycles. The maximum atomic E-state index is 13.0. The lowest BCUT2D eigenvalue weighted by Gasteiger charge is -2.19. The summed E-state index contributed by atoms with van der Waals surface area (Å²) >= 11 is 0. The smallest absolute Gasteiger partial charge is 0.325 e. The average Bonchev–Trinajstić information content (AvgIpc) is 3.41. The van der Waals surface area contributed by atoms with Crippen molar-refractivity contribution < 1.29 is 27.2 Å². The largest absolute Gasteiger partial charge is 0.466 e. The van der Waals surface area contributed by atoms with E-state index < -0.39 is 33.9 Å². The van der Waals surface area contributed by atoms with Crippen LogP contribution in [0.5, 0.6) is 0 Å². The van der Waals surface area contributed by atoms with E-state index in [-0.39, 0.29) is 29.1 Å². The number of nitrogens with zero attached hydrogens (tertiary/aromatic N) is 2. The molecule has 3 amide bonds. The monoisotopic (exact) mass is 433 g/mol. The van der Waals surface area contributed by atoms with E-state index in [0.717, 1.165) is 10.6 Å². The standard InChI is InChI=1S/C20H23N3O6S/c1-12-9-15(13(2)23(12)14-6-8-30(27,28)11-14)16(24)10-22-18(25)20(3,21-19(22)26)17-5-4-7-29-17/h4-5,7,9,14H,6,8,10-11H2,1-3H3,(H,21,26). The summed E-state index contributed by atoms with van der Waals surface area (Å²) in [7, 11) is -3.08. The highest BCUT2D eigenvalue weighted by Crippen LogP contribution is 2.31. The second-order valence-electron chi connectivity index (χ2n) is 8.06. The van der Waals surface area contributed by atoms with Gasteiger partial charge in [-0.25, -0.2) is 13.2 Å². The number of urea groups is 1. The summed E-state index contributed by atoms with van der Waals surface area (Å²) in [6, 6.07) is 4.02. The third-order valence-corrected chi connectivity index (χ3v) is 7.70. The lowest BCUT2D eigenvalue weighted by atomic mass is 9.99. The summed E-state index contributed by atoms with van der Waals surface area (Å²) in [6.45, 7) is 4.69. The molecule has 2 aromatic rings. The van der Waals surface area contributed by atoms with Gasteiger partial charge in [0.2, 0.25) is 0 Å². The number of furan rings is 1. The Kier molecular flexibility index (Phi) is 4.64. The minimum absolute atomic E-state index is 0.0471. The lowest BCUT2D eigenvalue weighted by Crippen LogP contribution is -2.41. The molecule has 4 heterocycles. The highest BCUT2D eigenvalue weighted by atomic mass is 32.2. The summed E-state index contributed by atoms with van der Waals surface area (Å²) in [5.74, 6) is -0.484. The third kappa shape index (κ3) is 3.15. The number of hydrogen-bond acceptors (Lipinski definition) is 6. The van der Waals surface area contributed by atoms with Crippen LogP contribution in [0.2, 0.25) is 0 Å². The molecule has 4 rings (SSSR count). The summed E-state index contributed by atoms with van der Waals surface area (Å²) < 4.78 is 30.9. The van der Waals surface area contributed by atoms with Crippen LogP contribution in [0.1, 0.15) is 46.9 Å². The fourth-order valence-electron chi connectivity index (χ4n) is 4.40. The van der Waals surface area contributed by atoms with Crippen LogP contribution < -0.4 is 5.32 Å². The molecule has 1 N–H and O–H groups in total. The minimum Gasteiger partial charge on any atom is -0.466 e. The molecule has 2 aliphatic heterocycles. The van der Waals surface area contributed by atoms with Gasteiger partial charge in [-0.05, 0) is 45.4 Å². The van der Waals surface area contributed by atoms with Gasteiger partial charge < -0.3 is 14.3 Å². The summed E-state index contributed by atoms with van der Waals surface area (Å²) in [6.07, 6.45) is 1.91. The van der Waals surface area contributed by atoms with E-state index in [1.165, 1.54) is 13.2 Å². The fraction of sp³-hybridized carbons (Fsp3) is 0.450. The van der Waals surface area contributed by atoms with E-state index in [9.17, 15) is 22.8 Å². The van der Waals surface area contributed by atoms with E-state index in [1.807, 2.05) is 11.5 Å². The fourth-order valence-corrected chi connectivity index (χ4v) is 6.10. The highest BCUT2D eigenvalue weighted by Gasteiger charge is 2.51. The molecule has 9 nitrogen and oxygen atoms in total. The van der Waals surface area contributed by atoms with Crippen molar-refractivity contribution in [1.82, 2.24) is 14.8 Å². The zero-order chi connectivity index (χ0) is 21.8. The van der Waals surface area contributed by atoms with E-state index in [2.05, 4.69) is 5.32 Å². The van der Waals surface area contributed by atoms with Crippen LogP contribution >= 0.6 is 0 Å². The van der Waals surface area contributed by atoms with Crippen LogP contribution in [-0.2, 0) is 20.2 Å². The molecule has 0 aromatic carbocycles. The van der Waals surface area contributed by atoms with Crippen molar-refractivity contribution in [3.05, 3.63) is 47.2 Å². The van der Waals surface area contributed by atoms with Gasteiger partial charge in [0.1, 0.15) is 5.76 Å². The maximum absolute atomic E-state index is 13.0. The van der Waals surface area contributed by atoms with Crippen molar-refractivity contribution in [2.75, 3.05) is 18.1 Å². The number of sulfone groups is 1. The summed E-state index contributed by atoms with van der Waals surface area (Å²) in [5, 5.41) is 2.59. The van der Waals surface area contributed by atoms with Crippen molar-refractivity contribution >= 4 is 27.6 Å². The number of aryl methyl sites for hydroxylation is 1. The first-order chi connectivity index (χ1) is 14.0. The number of Topliss-reactive ketones (excluding diaryl/α,β-unsaturated/α-hetero) is 1. The molecule has 0 radical (unpaired) electrons. The Morgan fingerprint density at radius 3 is 2.67 bits per heavy atom. The van der Waals surface area contributed by atoms with Gasteiger partial charge >= 0.3 is 6.03 Å². The highest BCUT2D eigenvalue weighted by molar-refractivity contribution is 7.91. The number of carbonyl (C=O) groups is 3. The van der Waals surface area contributed by atoms with Gasteiger partial charge in [-0.2, -0.15) is 0 Å². The zero-order valence-electron chi connectivity index (χ0n) is 17.0. The van der Waals surface area contributed by atoms with Crippen molar-refractivity contribution in [3.8, 4) is 0 Å². The van der Waals surface area contributed by atoms with Gasteiger partial charge in [0.05, 0.1) is 24.3 Å². The van der Waals surface area contributed by atoms with Crippen molar-refractivity contribution in [2.45, 2.75) is 38.8 Å². The molecular formula is C20H23N3O6S. The molecule has 2 aliphatic rings. The minimum atomic E-state index is -3.08. The molecule has 2 unspecified atom stereocenters. The number of carbonyl (C=O) groups excluding carboxylic acids is 3. The normalized spacial score (nSPS) is 25.7. The molecular weight excluding hydrogens is 410 g/mol. The Bertz CT molecular complexity index is 1150. The number of hydrogen-bond donors (Lipinski definition) is 1. The van der Waals surface area contributed by atoms with Crippen molar-refractivity contribution in [2.24, 2.45) is 0 Å². The van der Waals surface area contributed by atoms with Gasteiger partial charge in [-0.3, -0.25) is 14.5 Å². The molecule has 10 heteroatoms. The predicted octanol–water partition coefficient (Wildman–Crippen LogP) is 1.71. The quantitative estimate of drug-likeness (QED) is 0.566. The van der Waals surface area contributed by atoms with Gasteiger partial charge in [0.15, 0.2) is 21.2 Å². The van der Waals surface area contributed by atoms with Crippen molar-refractivity contribution in [1.29, 1.82) is 0 Å². The number of ketones is 1. The van der Waals surface area contributed by atoms with E-state index in [0.29, 0.717) is 17.7 Å². The Morgan fingerprint density at radius 2 is 2.07 bits per heavy atom. The molecule has 0 bridgehead atoms. The number of rotatable bonds is 5. The zero-order valence-corrected chi connectivity index (χ0v) is 17.8. The van der Waals surface area contributed by atoms with Crippen LogP contribution in [-0.4, -0.2) is 53.7 Å². The predicted molar refractivity (Wildman–Crippen MR) is 107 cm³/mol. The number of amides is 3. The number of imide groups is 1. The SMILES string of the molecule is Cc1cc(C(=O)CN2C(=O)NC(C)(c3ccco3)C2=O)c(C)n1C1CCS(=O)(=O)C1. The first-order valence-corrected chi connectivity index (χ1v) is 11.5.